The van der Waals surface area contributed by atoms with Crippen molar-refractivity contribution in [2.75, 3.05) is 0 Å². The number of thiophene rings is 1. The van der Waals surface area contributed by atoms with E-state index < -0.39 is 5.92 Å². The van der Waals surface area contributed by atoms with Gasteiger partial charge in [-0.2, -0.15) is 10.5 Å². The van der Waals surface area contributed by atoms with Gasteiger partial charge in [-0.15, -0.1) is 11.3 Å². The maximum Gasteiger partial charge on any atom is 0.0985 e. The Kier molecular flexibility index (Phi) is 3.53. The van der Waals surface area contributed by atoms with E-state index in [1.807, 2.05) is 0 Å². The van der Waals surface area contributed by atoms with Gasteiger partial charge >= 0.3 is 0 Å². The molecule has 2 rings (SSSR count). The summed E-state index contributed by atoms with van der Waals surface area (Å²) >= 11 is 8.25. The lowest BCUT2D eigenvalue weighted by Crippen LogP contribution is -2.17. The van der Waals surface area contributed by atoms with Crippen LogP contribution in [0.25, 0.3) is 0 Å². The number of halogens is 1. The lowest BCUT2D eigenvalue weighted by molar-refractivity contribution is 0.982. The number of nitrogens with two attached hydrogens (primary N) is 2. The average Bonchev–Trinajstić information content (AvgIpc) is 2.74. The summed E-state index contributed by atoms with van der Waals surface area (Å²) in [5.74, 6) is -0.501. The zero-order chi connectivity index (χ0) is 13.3. The van der Waals surface area contributed by atoms with Crippen LogP contribution < -0.4 is 11.5 Å². The van der Waals surface area contributed by atoms with Crippen LogP contribution in [-0.4, -0.2) is 0 Å². The standard InChI is InChI=1S/C11H7ClN4S2/c12-8-2-1-7(17-8)9-5(3-13)10(15)18-11(16)6(9)4-14/h1-2,9H,15-16H2. The fourth-order valence-electron chi connectivity index (χ4n) is 1.66. The Morgan fingerprint density at radius 2 is 1.67 bits per heavy atom. The van der Waals surface area contributed by atoms with Crippen LogP contribution in [0.1, 0.15) is 10.8 Å². The third kappa shape index (κ3) is 2.06. The van der Waals surface area contributed by atoms with E-state index in [-0.39, 0.29) is 0 Å². The van der Waals surface area contributed by atoms with Crippen LogP contribution in [-0.2, 0) is 0 Å². The number of nitriles is 2. The van der Waals surface area contributed by atoms with Crippen molar-refractivity contribution in [1.29, 1.82) is 10.5 Å². The molecule has 1 aliphatic rings. The zero-order valence-electron chi connectivity index (χ0n) is 8.98. The maximum absolute atomic E-state index is 9.20. The summed E-state index contributed by atoms with van der Waals surface area (Å²) in [5, 5.41) is 19.1. The van der Waals surface area contributed by atoms with Crippen LogP contribution in [0.5, 0.6) is 0 Å². The van der Waals surface area contributed by atoms with Crippen molar-refractivity contribution in [3.63, 3.8) is 0 Å². The second-order valence-corrected chi connectivity index (χ2v) is 6.29. The third-order valence-electron chi connectivity index (χ3n) is 2.45. The SMILES string of the molecule is N#CC1=C(N)SC(N)=C(C#N)C1c1ccc(Cl)s1. The Labute approximate surface area is 117 Å². The molecular formula is C11H7ClN4S2. The van der Waals surface area contributed by atoms with Crippen molar-refractivity contribution in [1.82, 2.24) is 0 Å². The molecule has 1 aliphatic heterocycles. The second-order valence-electron chi connectivity index (χ2n) is 3.46. The van der Waals surface area contributed by atoms with E-state index >= 15 is 0 Å². The Morgan fingerprint density at radius 3 is 2.06 bits per heavy atom. The van der Waals surface area contributed by atoms with Gasteiger partial charge in [-0.1, -0.05) is 23.4 Å². The minimum absolute atomic E-state index is 0.337. The van der Waals surface area contributed by atoms with Gasteiger partial charge in [0.15, 0.2) is 0 Å². The molecule has 7 heteroatoms. The molecule has 4 N–H and O–H groups in total. The summed E-state index contributed by atoms with van der Waals surface area (Å²) in [4.78, 5) is 0.791. The molecule has 0 aromatic carbocycles. The highest BCUT2D eigenvalue weighted by Crippen LogP contribution is 2.45. The second kappa shape index (κ2) is 4.95. The molecule has 2 heterocycles. The molecule has 0 spiro atoms. The maximum atomic E-state index is 9.20. The van der Waals surface area contributed by atoms with Crippen molar-refractivity contribution >= 4 is 34.7 Å². The zero-order valence-corrected chi connectivity index (χ0v) is 11.4. The van der Waals surface area contributed by atoms with E-state index in [0.29, 0.717) is 25.5 Å². The van der Waals surface area contributed by atoms with Gasteiger partial charge in [0.05, 0.1) is 43.6 Å². The highest BCUT2D eigenvalue weighted by molar-refractivity contribution is 8.06. The lowest BCUT2D eigenvalue weighted by atomic mass is 9.91. The average molecular weight is 295 g/mol. The predicted molar refractivity (Wildman–Crippen MR) is 73.3 cm³/mol. The van der Waals surface area contributed by atoms with Crippen LogP contribution in [0, 0.1) is 22.7 Å². The minimum atomic E-state index is -0.501. The molecule has 1 aromatic rings. The van der Waals surface area contributed by atoms with Gasteiger partial charge in [0.2, 0.25) is 0 Å². The van der Waals surface area contributed by atoms with Gasteiger partial charge in [-0.25, -0.2) is 0 Å². The molecule has 4 nitrogen and oxygen atoms in total. The first-order chi connectivity index (χ1) is 8.58. The first-order valence-electron chi connectivity index (χ1n) is 4.81. The molecule has 0 saturated heterocycles. The molecule has 0 saturated carbocycles. The van der Waals surface area contributed by atoms with Gasteiger partial charge in [0, 0.05) is 4.88 Å². The fourth-order valence-corrected chi connectivity index (χ4v) is 3.63. The number of rotatable bonds is 1. The number of hydrogen-bond donors (Lipinski definition) is 2. The summed E-state index contributed by atoms with van der Waals surface area (Å²) in [6.07, 6.45) is 0. The van der Waals surface area contributed by atoms with Gasteiger partial charge in [-0.05, 0) is 12.1 Å². The summed E-state index contributed by atoms with van der Waals surface area (Å²) in [7, 11) is 0. The molecule has 18 heavy (non-hydrogen) atoms. The molecule has 0 unspecified atom stereocenters. The smallest absolute Gasteiger partial charge is 0.0985 e. The minimum Gasteiger partial charge on any atom is -0.392 e. The van der Waals surface area contributed by atoms with Crippen molar-refractivity contribution < 1.29 is 0 Å². The molecule has 0 radical (unpaired) electrons. The highest BCUT2D eigenvalue weighted by atomic mass is 35.5. The van der Waals surface area contributed by atoms with Gasteiger partial charge in [-0.3, -0.25) is 0 Å². The van der Waals surface area contributed by atoms with Crippen molar-refractivity contribution in [2.45, 2.75) is 5.92 Å². The number of hydrogen-bond acceptors (Lipinski definition) is 6. The van der Waals surface area contributed by atoms with Crippen molar-refractivity contribution in [3.05, 3.63) is 42.6 Å². The first kappa shape index (κ1) is 12.8. The molecule has 1 aromatic heterocycles. The topological polar surface area (TPSA) is 99.6 Å². The molecule has 0 bridgehead atoms. The molecule has 0 fully saturated rings. The van der Waals surface area contributed by atoms with Gasteiger partial charge in [0.25, 0.3) is 0 Å². The van der Waals surface area contributed by atoms with E-state index in [2.05, 4.69) is 12.1 Å². The van der Waals surface area contributed by atoms with Gasteiger partial charge in [0.1, 0.15) is 0 Å². The van der Waals surface area contributed by atoms with Gasteiger partial charge < -0.3 is 11.5 Å². The van der Waals surface area contributed by atoms with E-state index in [1.54, 1.807) is 12.1 Å². The van der Waals surface area contributed by atoms with Crippen LogP contribution in [0.4, 0.5) is 0 Å². The number of thioether (sulfide) groups is 1. The van der Waals surface area contributed by atoms with Crippen LogP contribution >= 0.6 is 34.7 Å². The predicted octanol–water partition coefficient (Wildman–Crippen LogP) is 2.62. The Balaban J connectivity index is 2.61. The third-order valence-corrected chi connectivity index (χ3v) is 4.62. The molecule has 0 atom stereocenters. The Hall–Kier alpha value is -1.60. The van der Waals surface area contributed by atoms with Crippen molar-refractivity contribution in [2.24, 2.45) is 11.5 Å². The summed E-state index contributed by atoms with van der Waals surface area (Å²) in [5.41, 5.74) is 12.3. The van der Waals surface area contributed by atoms with Crippen LogP contribution in [0.3, 0.4) is 0 Å². The first-order valence-corrected chi connectivity index (χ1v) is 6.82. The monoisotopic (exact) mass is 294 g/mol. The van der Waals surface area contributed by atoms with Crippen LogP contribution in [0.2, 0.25) is 4.34 Å². The summed E-state index contributed by atoms with van der Waals surface area (Å²) < 4.78 is 0.593. The molecule has 0 amide bonds. The highest BCUT2D eigenvalue weighted by Gasteiger charge is 2.32. The molecule has 0 aliphatic carbocycles. The number of nitrogens with zero attached hydrogens (tertiary/aromatic N) is 2. The fraction of sp³-hybridized carbons (Fsp3) is 0.0909. The molecule has 90 valence electrons. The largest absolute Gasteiger partial charge is 0.392 e. The summed E-state index contributed by atoms with van der Waals surface area (Å²) in [6.45, 7) is 0. The number of allylic oxidation sites excluding steroid dienone is 2. The normalized spacial score (nSPS) is 16.6. The Morgan fingerprint density at radius 1 is 1.11 bits per heavy atom. The van der Waals surface area contributed by atoms with E-state index in [1.165, 1.54) is 11.3 Å². The van der Waals surface area contributed by atoms with Crippen LogP contribution in [0.15, 0.2) is 33.3 Å². The van der Waals surface area contributed by atoms with E-state index in [9.17, 15) is 10.5 Å². The molecular weight excluding hydrogens is 288 g/mol. The Bertz CT molecular complexity index is 609. The van der Waals surface area contributed by atoms with E-state index in [0.717, 1.165) is 16.6 Å². The summed E-state index contributed by atoms with van der Waals surface area (Å²) in [6, 6.07) is 7.61. The van der Waals surface area contributed by atoms with E-state index in [4.69, 9.17) is 23.1 Å². The lowest BCUT2D eigenvalue weighted by Gasteiger charge is -2.22. The van der Waals surface area contributed by atoms with Crippen molar-refractivity contribution in [3.8, 4) is 12.1 Å². The quantitative estimate of drug-likeness (QED) is 0.829.